The highest BCUT2D eigenvalue weighted by Gasteiger charge is 2.11. The number of oxazole rings is 1. The maximum atomic E-state index is 10.2. The van der Waals surface area contributed by atoms with Gasteiger partial charge < -0.3 is 14.8 Å². The maximum absolute atomic E-state index is 10.2. The van der Waals surface area contributed by atoms with Crippen molar-refractivity contribution < 1.29 is 9.52 Å². The minimum atomic E-state index is -0.767. The van der Waals surface area contributed by atoms with Gasteiger partial charge in [0.1, 0.15) is 5.52 Å². The van der Waals surface area contributed by atoms with E-state index < -0.39 is 6.10 Å². The zero-order valence-corrected chi connectivity index (χ0v) is 12.4. The van der Waals surface area contributed by atoms with E-state index >= 15 is 0 Å². The third-order valence-corrected chi connectivity index (χ3v) is 3.45. The van der Waals surface area contributed by atoms with E-state index in [4.69, 9.17) is 27.6 Å². The Hall–Kier alpha value is -1.75. The molecule has 0 aliphatic heterocycles. The molecule has 0 saturated heterocycles. The zero-order chi connectivity index (χ0) is 14.8. The van der Waals surface area contributed by atoms with Crippen LogP contribution >= 0.6 is 23.2 Å². The van der Waals surface area contributed by atoms with Gasteiger partial charge in [-0.2, -0.15) is 4.98 Å². The fourth-order valence-electron chi connectivity index (χ4n) is 2.02. The lowest BCUT2D eigenvalue weighted by molar-refractivity contribution is 0.191. The molecule has 108 valence electrons. The van der Waals surface area contributed by atoms with Crippen LogP contribution in [0.15, 0.2) is 46.9 Å². The Labute approximate surface area is 131 Å². The van der Waals surface area contributed by atoms with E-state index in [0.29, 0.717) is 27.2 Å². The Bertz CT molecular complexity index is 720. The van der Waals surface area contributed by atoms with Crippen molar-refractivity contribution in [3.63, 3.8) is 0 Å². The normalized spacial score (nSPS) is 12.5. The van der Waals surface area contributed by atoms with Crippen LogP contribution in [-0.4, -0.2) is 16.6 Å². The van der Waals surface area contributed by atoms with Crippen molar-refractivity contribution in [1.29, 1.82) is 0 Å². The predicted molar refractivity (Wildman–Crippen MR) is 83.9 cm³/mol. The quantitative estimate of drug-likeness (QED) is 0.752. The van der Waals surface area contributed by atoms with Gasteiger partial charge in [-0.25, -0.2) is 0 Å². The first kappa shape index (κ1) is 14.2. The number of halogens is 2. The molecule has 2 aromatic carbocycles. The van der Waals surface area contributed by atoms with Gasteiger partial charge in [0, 0.05) is 16.6 Å². The van der Waals surface area contributed by atoms with Gasteiger partial charge in [-0.3, -0.25) is 0 Å². The molecule has 1 unspecified atom stereocenters. The van der Waals surface area contributed by atoms with Gasteiger partial charge >= 0.3 is 0 Å². The fourth-order valence-corrected chi connectivity index (χ4v) is 2.56. The summed E-state index contributed by atoms with van der Waals surface area (Å²) in [7, 11) is 0. The molecule has 0 spiro atoms. The molecule has 1 aromatic heterocycles. The van der Waals surface area contributed by atoms with Gasteiger partial charge in [-0.05, 0) is 35.9 Å². The van der Waals surface area contributed by atoms with Gasteiger partial charge in [0.2, 0.25) is 0 Å². The SMILES string of the molecule is OC(CNc1nc2ccccc2o1)c1cc(Cl)cc(Cl)c1. The molecule has 0 fully saturated rings. The molecule has 6 heteroatoms. The number of hydrogen-bond donors (Lipinski definition) is 2. The number of hydrogen-bond acceptors (Lipinski definition) is 4. The summed E-state index contributed by atoms with van der Waals surface area (Å²) in [5.41, 5.74) is 2.09. The van der Waals surface area contributed by atoms with E-state index in [-0.39, 0.29) is 6.54 Å². The second kappa shape index (κ2) is 5.93. The Balaban J connectivity index is 1.71. The standard InChI is InChI=1S/C15H12Cl2N2O2/c16-10-5-9(6-11(17)7-10)13(20)8-18-15-19-12-3-1-2-4-14(12)21-15/h1-7,13,20H,8H2,(H,18,19). The minimum Gasteiger partial charge on any atom is -0.424 e. The Morgan fingerprint density at radius 2 is 1.86 bits per heavy atom. The molecule has 0 aliphatic carbocycles. The van der Waals surface area contributed by atoms with Crippen molar-refractivity contribution in [2.45, 2.75) is 6.10 Å². The van der Waals surface area contributed by atoms with Crippen LogP contribution in [0.5, 0.6) is 0 Å². The smallest absolute Gasteiger partial charge is 0.295 e. The number of aliphatic hydroxyl groups is 1. The predicted octanol–water partition coefficient (Wildman–Crippen LogP) is 4.28. The lowest BCUT2D eigenvalue weighted by Gasteiger charge is -2.11. The van der Waals surface area contributed by atoms with E-state index in [1.165, 1.54) is 0 Å². The summed E-state index contributed by atoms with van der Waals surface area (Å²) < 4.78 is 5.52. The molecule has 4 nitrogen and oxygen atoms in total. The molecule has 0 radical (unpaired) electrons. The van der Waals surface area contributed by atoms with Crippen LogP contribution in [0.4, 0.5) is 6.01 Å². The number of nitrogens with one attached hydrogen (secondary N) is 1. The first-order chi connectivity index (χ1) is 10.1. The summed E-state index contributed by atoms with van der Waals surface area (Å²) in [6.45, 7) is 0.240. The third kappa shape index (κ3) is 3.29. The topological polar surface area (TPSA) is 58.3 Å². The summed E-state index contributed by atoms with van der Waals surface area (Å²) in [5.74, 6) is 0. The molecule has 21 heavy (non-hydrogen) atoms. The number of fused-ring (bicyclic) bond motifs is 1. The molecule has 3 rings (SSSR count). The fraction of sp³-hybridized carbons (Fsp3) is 0.133. The number of anilines is 1. The van der Waals surface area contributed by atoms with Crippen LogP contribution in [0.2, 0.25) is 10.0 Å². The molecule has 3 aromatic rings. The largest absolute Gasteiger partial charge is 0.424 e. The van der Waals surface area contributed by atoms with E-state index in [9.17, 15) is 5.11 Å². The van der Waals surface area contributed by atoms with Crippen LogP contribution in [0.1, 0.15) is 11.7 Å². The summed E-state index contributed by atoms with van der Waals surface area (Å²) in [6.07, 6.45) is -0.767. The van der Waals surface area contributed by atoms with Crippen LogP contribution in [-0.2, 0) is 0 Å². The van der Waals surface area contributed by atoms with Gasteiger partial charge in [0.25, 0.3) is 6.01 Å². The summed E-state index contributed by atoms with van der Waals surface area (Å²) >= 11 is 11.8. The van der Waals surface area contributed by atoms with Crippen molar-refractivity contribution in [3.05, 3.63) is 58.1 Å². The molecule has 0 saturated carbocycles. The molecule has 1 atom stereocenters. The van der Waals surface area contributed by atoms with Gasteiger partial charge in [-0.15, -0.1) is 0 Å². The van der Waals surface area contributed by atoms with Crippen molar-refractivity contribution in [3.8, 4) is 0 Å². The Morgan fingerprint density at radius 1 is 1.14 bits per heavy atom. The molecule has 0 bridgehead atoms. The van der Waals surface area contributed by atoms with E-state index in [1.807, 2.05) is 24.3 Å². The molecule has 0 amide bonds. The highest BCUT2D eigenvalue weighted by Crippen LogP contribution is 2.24. The van der Waals surface area contributed by atoms with E-state index in [0.717, 1.165) is 5.52 Å². The molecular weight excluding hydrogens is 311 g/mol. The zero-order valence-electron chi connectivity index (χ0n) is 10.9. The van der Waals surface area contributed by atoms with Crippen molar-refractivity contribution in [1.82, 2.24) is 4.98 Å². The number of benzene rings is 2. The van der Waals surface area contributed by atoms with E-state index in [2.05, 4.69) is 10.3 Å². The minimum absolute atomic E-state index is 0.240. The van der Waals surface area contributed by atoms with Crippen molar-refractivity contribution in [2.24, 2.45) is 0 Å². The van der Waals surface area contributed by atoms with Gasteiger partial charge in [0.15, 0.2) is 5.58 Å². The summed E-state index contributed by atoms with van der Waals surface area (Å²) in [4.78, 5) is 4.27. The maximum Gasteiger partial charge on any atom is 0.295 e. The highest BCUT2D eigenvalue weighted by molar-refractivity contribution is 6.34. The molecule has 0 aliphatic rings. The van der Waals surface area contributed by atoms with Gasteiger partial charge in [-0.1, -0.05) is 35.3 Å². The van der Waals surface area contributed by atoms with Crippen molar-refractivity contribution >= 4 is 40.3 Å². The third-order valence-electron chi connectivity index (χ3n) is 3.01. The monoisotopic (exact) mass is 322 g/mol. The Morgan fingerprint density at radius 3 is 2.57 bits per heavy atom. The lowest BCUT2D eigenvalue weighted by atomic mass is 10.1. The van der Waals surface area contributed by atoms with E-state index in [1.54, 1.807) is 18.2 Å². The number of rotatable bonds is 4. The van der Waals surface area contributed by atoms with Crippen LogP contribution in [0.25, 0.3) is 11.1 Å². The number of nitrogens with zero attached hydrogens (tertiary/aromatic N) is 1. The molecule has 2 N–H and O–H groups in total. The second-order valence-electron chi connectivity index (χ2n) is 4.59. The number of aliphatic hydroxyl groups excluding tert-OH is 1. The van der Waals surface area contributed by atoms with Crippen LogP contribution < -0.4 is 5.32 Å². The lowest BCUT2D eigenvalue weighted by Crippen LogP contribution is -2.12. The van der Waals surface area contributed by atoms with Crippen LogP contribution in [0.3, 0.4) is 0 Å². The first-order valence-electron chi connectivity index (χ1n) is 6.35. The van der Waals surface area contributed by atoms with Crippen LogP contribution in [0, 0.1) is 0 Å². The second-order valence-corrected chi connectivity index (χ2v) is 5.46. The number of aromatic nitrogens is 1. The summed E-state index contributed by atoms with van der Waals surface area (Å²) in [6, 6.07) is 12.8. The molecular formula is C15H12Cl2N2O2. The summed E-state index contributed by atoms with van der Waals surface area (Å²) in [5, 5.41) is 14.1. The molecule has 1 heterocycles. The highest BCUT2D eigenvalue weighted by atomic mass is 35.5. The van der Waals surface area contributed by atoms with Gasteiger partial charge in [0.05, 0.1) is 6.10 Å². The average Bonchev–Trinajstić information content (AvgIpc) is 2.86. The Kier molecular flexibility index (Phi) is 4.01. The number of para-hydroxylation sites is 2. The average molecular weight is 323 g/mol. The first-order valence-corrected chi connectivity index (χ1v) is 7.11. The van der Waals surface area contributed by atoms with Crippen molar-refractivity contribution in [2.75, 3.05) is 11.9 Å².